The number of aromatic amines is 1. The molecule has 1 aromatic heterocycles. The zero-order valence-corrected chi connectivity index (χ0v) is 8.10. The molecule has 3 heteroatoms. The van der Waals surface area contributed by atoms with E-state index in [0.717, 1.165) is 23.8 Å². The number of aromatic nitrogens is 2. The fourth-order valence-electron chi connectivity index (χ4n) is 1.68. The molecule has 0 bridgehead atoms. The van der Waals surface area contributed by atoms with Gasteiger partial charge in [-0.05, 0) is 24.1 Å². The Morgan fingerprint density at radius 1 is 1.27 bits per heavy atom. The Morgan fingerprint density at radius 2 is 2.20 bits per heavy atom. The molecule has 0 fully saturated rings. The Morgan fingerprint density at radius 3 is 3.07 bits per heavy atom. The standard InChI is InChI=1S/C12H10N2O/c1-2-4-10-9(3-1)5-6-11(15-10)12-13-7-8-14-12/h1-4,6-8H,5H2,(H,13,14). The van der Waals surface area contributed by atoms with Crippen molar-refractivity contribution in [2.75, 3.05) is 0 Å². The minimum Gasteiger partial charge on any atom is -0.454 e. The number of nitrogens with one attached hydrogen (secondary N) is 1. The number of hydrogen-bond acceptors (Lipinski definition) is 2. The van der Waals surface area contributed by atoms with Crippen molar-refractivity contribution >= 4 is 5.76 Å². The van der Waals surface area contributed by atoms with Gasteiger partial charge in [-0.25, -0.2) is 4.98 Å². The summed E-state index contributed by atoms with van der Waals surface area (Å²) in [7, 11) is 0. The van der Waals surface area contributed by atoms with Crippen LogP contribution in [-0.4, -0.2) is 9.97 Å². The lowest BCUT2D eigenvalue weighted by molar-refractivity contribution is 0.493. The highest BCUT2D eigenvalue weighted by Gasteiger charge is 2.14. The van der Waals surface area contributed by atoms with Gasteiger partial charge in [0.15, 0.2) is 11.6 Å². The maximum atomic E-state index is 5.74. The van der Waals surface area contributed by atoms with E-state index in [0.29, 0.717) is 0 Å². The van der Waals surface area contributed by atoms with Gasteiger partial charge >= 0.3 is 0 Å². The molecular weight excluding hydrogens is 188 g/mol. The van der Waals surface area contributed by atoms with E-state index in [4.69, 9.17) is 4.74 Å². The van der Waals surface area contributed by atoms with Gasteiger partial charge in [-0.1, -0.05) is 18.2 Å². The number of fused-ring (bicyclic) bond motifs is 1. The number of hydrogen-bond donors (Lipinski definition) is 1. The van der Waals surface area contributed by atoms with E-state index < -0.39 is 0 Å². The molecule has 1 N–H and O–H groups in total. The second kappa shape index (κ2) is 3.28. The number of imidazole rings is 1. The van der Waals surface area contributed by atoms with Crippen LogP contribution in [0.4, 0.5) is 0 Å². The summed E-state index contributed by atoms with van der Waals surface area (Å²) in [5.41, 5.74) is 1.22. The minimum absolute atomic E-state index is 0.782. The molecular formula is C12H10N2O. The zero-order chi connectivity index (χ0) is 10.1. The van der Waals surface area contributed by atoms with Gasteiger partial charge in [-0.3, -0.25) is 0 Å². The van der Waals surface area contributed by atoms with Gasteiger partial charge in [0.1, 0.15) is 5.75 Å². The summed E-state index contributed by atoms with van der Waals surface area (Å²) in [4.78, 5) is 7.20. The molecule has 0 saturated carbocycles. The molecule has 1 aliphatic heterocycles. The zero-order valence-electron chi connectivity index (χ0n) is 8.10. The number of H-pyrrole nitrogens is 1. The smallest absolute Gasteiger partial charge is 0.173 e. The first-order valence-electron chi connectivity index (χ1n) is 4.89. The molecule has 0 spiro atoms. The van der Waals surface area contributed by atoms with Gasteiger partial charge in [-0.2, -0.15) is 0 Å². The topological polar surface area (TPSA) is 37.9 Å². The Hall–Kier alpha value is -2.03. The molecule has 2 aromatic rings. The molecule has 3 rings (SSSR count). The predicted molar refractivity (Wildman–Crippen MR) is 57.3 cm³/mol. The van der Waals surface area contributed by atoms with Crippen LogP contribution >= 0.6 is 0 Å². The Balaban J connectivity index is 1.96. The average Bonchev–Trinajstić information content (AvgIpc) is 2.82. The van der Waals surface area contributed by atoms with E-state index in [1.807, 2.05) is 24.3 Å². The van der Waals surface area contributed by atoms with Crippen LogP contribution in [0.15, 0.2) is 42.7 Å². The van der Waals surface area contributed by atoms with E-state index in [1.165, 1.54) is 5.56 Å². The van der Waals surface area contributed by atoms with Crippen LogP contribution in [0.5, 0.6) is 5.75 Å². The van der Waals surface area contributed by atoms with E-state index in [1.54, 1.807) is 12.4 Å². The highest BCUT2D eigenvalue weighted by molar-refractivity contribution is 5.60. The number of allylic oxidation sites excluding steroid dienone is 1. The van der Waals surface area contributed by atoms with E-state index in [-0.39, 0.29) is 0 Å². The molecule has 0 amide bonds. The third-order valence-electron chi connectivity index (χ3n) is 2.43. The molecule has 74 valence electrons. The summed E-state index contributed by atoms with van der Waals surface area (Å²) in [5.74, 6) is 2.51. The van der Waals surface area contributed by atoms with Crippen molar-refractivity contribution in [2.45, 2.75) is 6.42 Å². The molecule has 0 saturated heterocycles. The van der Waals surface area contributed by atoms with Gasteiger partial charge in [0.05, 0.1) is 0 Å². The molecule has 0 radical (unpaired) electrons. The molecule has 0 aliphatic carbocycles. The van der Waals surface area contributed by atoms with Crippen molar-refractivity contribution in [1.82, 2.24) is 9.97 Å². The van der Waals surface area contributed by atoms with Crippen molar-refractivity contribution in [3.05, 3.63) is 54.1 Å². The predicted octanol–water partition coefficient (Wildman–Crippen LogP) is 2.39. The van der Waals surface area contributed by atoms with Crippen molar-refractivity contribution in [3.8, 4) is 5.75 Å². The first-order chi connectivity index (χ1) is 7.43. The molecule has 2 heterocycles. The summed E-state index contributed by atoms with van der Waals surface area (Å²) >= 11 is 0. The van der Waals surface area contributed by atoms with E-state index >= 15 is 0 Å². The normalized spacial score (nSPS) is 14.0. The van der Waals surface area contributed by atoms with Crippen LogP contribution in [0, 0.1) is 0 Å². The average molecular weight is 198 g/mol. The largest absolute Gasteiger partial charge is 0.454 e. The van der Waals surface area contributed by atoms with Crippen LogP contribution in [0.1, 0.15) is 11.4 Å². The lowest BCUT2D eigenvalue weighted by Crippen LogP contribution is -2.04. The lowest BCUT2D eigenvalue weighted by atomic mass is 10.1. The van der Waals surface area contributed by atoms with Crippen LogP contribution in [0.2, 0.25) is 0 Å². The summed E-state index contributed by atoms with van der Waals surface area (Å²) in [5, 5.41) is 0. The van der Waals surface area contributed by atoms with Gasteiger partial charge in [0.2, 0.25) is 0 Å². The monoisotopic (exact) mass is 198 g/mol. The fraction of sp³-hybridized carbons (Fsp3) is 0.0833. The Bertz CT molecular complexity index is 500. The lowest BCUT2D eigenvalue weighted by Gasteiger charge is -2.16. The molecule has 0 atom stereocenters. The maximum absolute atomic E-state index is 5.74. The molecule has 1 aromatic carbocycles. The number of nitrogens with zero attached hydrogens (tertiary/aromatic N) is 1. The first kappa shape index (κ1) is 8.29. The van der Waals surface area contributed by atoms with Crippen molar-refractivity contribution in [2.24, 2.45) is 0 Å². The number of benzene rings is 1. The second-order valence-electron chi connectivity index (χ2n) is 3.42. The number of para-hydroxylation sites is 1. The summed E-state index contributed by atoms with van der Waals surface area (Å²) in [6.45, 7) is 0. The highest BCUT2D eigenvalue weighted by atomic mass is 16.5. The van der Waals surface area contributed by atoms with Gasteiger partial charge in [0, 0.05) is 12.4 Å². The van der Waals surface area contributed by atoms with Crippen LogP contribution in [-0.2, 0) is 6.42 Å². The van der Waals surface area contributed by atoms with Crippen LogP contribution < -0.4 is 4.74 Å². The molecule has 15 heavy (non-hydrogen) atoms. The second-order valence-corrected chi connectivity index (χ2v) is 3.42. The quantitative estimate of drug-likeness (QED) is 0.764. The van der Waals surface area contributed by atoms with Gasteiger partial charge < -0.3 is 9.72 Å². The van der Waals surface area contributed by atoms with Gasteiger partial charge in [-0.15, -0.1) is 0 Å². The molecule has 1 aliphatic rings. The minimum atomic E-state index is 0.782. The highest BCUT2D eigenvalue weighted by Crippen LogP contribution is 2.28. The van der Waals surface area contributed by atoms with Crippen LogP contribution in [0.3, 0.4) is 0 Å². The van der Waals surface area contributed by atoms with Gasteiger partial charge in [0.25, 0.3) is 0 Å². The van der Waals surface area contributed by atoms with Crippen LogP contribution in [0.25, 0.3) is 5.76 Å². The maximum Gasteiger partial charge on any atom is 0.173 e. The third-order valence-corrected chi connectivity index (χ3v) is 2.43. The fourth-order valence-corrected chi connectivity index (χ4v) is 1.68. The number of rotatable bonds is 1. The van der Waals surface area contributed by atoms with Crippen molar-refractivity contribution in [1.29, 1.82) is 0 Å². The summed E-state index contributed by atoms with van der Waals surface area (Å²) in [6.07, 6.45) is 6.45. The van der Waals surface area contributed by atoms with Crippen molar-refractivity contribution < 1.29 is 4.74 Å². The molecule has 0 unspecified atom stereocenters. The molecule has 3 nitrogen and oxygen atoms in total. The summed E-state index contributed by atoms with van der Waals surface area (Å²) < 4.78 is 5.74. The number of ether oxygens (including phenoxy) is 1. The summed E-state index contributed by atoms with van der Waals surface area (Å²) in [6, 6.07) is 8.05. The first-order valence-corrected chi connectivity index (χ1v) is 4.89. The third kappa shape index (κ3) is 1.42. The Labute approximate surface area is 87.4 Å². The van der Waals surface area contributed by atoms with E-state index in [2.05, 4.69) is 16.0 Å². The SMILES string of the molecule is C1=C(c2ncc[nH]2)Oc2ccccc2C1. The Kier molecular flexibility index (Phi) is 1.81. The van der Waals surface area contributed by atoms with Crippen molar-refractivity contribution in [3.63, 3.8) is 0 Å². The van der Waals surface area contributed by atoms with E-state index in [9.17, 15) is 0 Å².